The van der Waals surface area contributed by atoms with Crippen molar-refractivity contribution in [2.24, 2.45) is 0 Å². The Hall–Kier alpha value is -2.07. The lowest BCUT2D eigenvalue weighted by Gasteiger charge is -2.14. The summed E-state index contributed by atoms with van der Waals surface area (Å²) in [6.45, 7) is 6.17. The van der Waals surface area contributed by atoms with E-state index in [0.29, 0.717) is 12.1 Å². The maximum atomic E-state index is 11.7. The van der Waals surface area contributed by atoms with Crippen molar-refractivity contribution in [1.29, 1.82) is 0 Å². The second-order valence-electron chi connectivity index (χ2n) is 4.50. The molecule has 0 radical (unpaired) electrons. The van der Waals surface area contributed by atoms with Gasteiger partial charge in [-0.05, 0) is 53.6 Å². The number of anilines is 1. The molecule has 0 aliphatic heterocycles. The zero-order chi connectivity index (χ0) is 14.4. The lowest BCUT2D eigenvalue weighted by Crippen LogP contribution is -2.23. The molecular weight excluding hydrogens is 268 g/mol. The molecule has 0 aliphatic rings. The van der Waals surface area contributed by atoms with Crippen LogP contribution in [0.3, 0.4) is 0 Å². The quantitative estimate of drug-likeness (QED) is 0.792. The number of thiophene rings is 1. The molecule has 0 spiro atoms. The van der Waals surface area contributed by atoms with E-state index in [2.05, 4.69) is 41.0 Å². The second-order valence-corrected chi connectivity index (χ2v) is 5.28. The molecule has 1 unspecified atom stereocenters. The fourth-order valence-electron chi connectivity index (χ4n) is 1.84. The van der Waals surface area contributed by atoms with Gasteiger partial charge in [-0.2, -0.15) is 11.3 Å². The average molecular weight is 286 g/mol. The second kappa shape index (κ2) is 6.91. The Morgan fingerprint density at radius 1 is 1.35 bits per heavy atom. The van der Waals surface area contributed by atoms with E-state index in [1.54, 1.807) is 17.4 Å². The molecule has 1 atom stereocenters. The van der Waals surface area contributed by atoms with Crippen LogP contribution < -0.4 is 10.6 Å². The number of benzene rings is 1. The third kappa shape index (κ3) is 3.71. The first kappa shape index (κ1) is 14.3. The van der Waals surface area contributed by atoms with Gasteiger partial charge in [0, 0.05) is 23.8 Å². The SMILES string of the molecule is C=CCNC(=O)c1ccc(NC(C)c2ccsc2)cc1. The normalized spacial score (nSPS) is 11.7. The molecule has 0 fully saturated rings. The van der Waals surface area contributed by atoms with Gasteiger partial charge in [-0.1, -0.05) is 6.08 Å². The van der Waals surface area contributed by atoms with Crippen molar-refractivity contribution in [3.63, 3.8) is 0 Å². The fourth-order valence-corrected chi connectivity index (χ4v) is 2.59. The number of rotatable bonds is 6. The van der Waals surface area contributed by atoms with E-state index in [1.165, 1.54) is 5.56 Å². The van der Waals surface area contributed by atoms with Gasteiger partial charge in [0.2, 0.25) is 0 Å². The van der Waals surface area contributed by atoms with Crippen LogP contribution in [0.4, 0.5) is 5.69 Å². The standard InChI is InChI=1S/C16H18N2OS/c1-3-9-17-16(19)13-4-6-15(7-5-13)18-12(2)14-8-10-20-11-14/h3-8,10-12,18H,1,9H2,2H3,(H,17,19). The molecule has 20 heavy (non-hydrogen) atoms. The van der Waals surface area contributed by atoms with Crippen LogP contribution >= 0.6 is 11.3 Å². The number of amides is 1. The summed E-state index contributed by atoms with van der Waals surface area (Å²) in [6, 6.07) is 9.85. The molecule has 2 aromatic rings. The molecule has 0 saturated heterocycles. The zero-order valence-corrected chi connectivity index (χ0v) is 12.2. The molecule has 2 N–H and O–H groups in total. The highest BCUT2D eigenvalue weighted by molar-refractivity contribution is 7.07. The third-order valence-electron chi connectivity index (χ3n) is 2.98. The molecule has 1 amide bonds. The van der Waals surface area contributed by atoms with Crippen molar-refractivity contribution in [2.45, 2.75) is 13.0 Å². The number of nitrogens with one attached hydrogen (secondary N) is 2. The Balaban J connectivity index is 1.97. The number of hydrogen-bond acceptors (Lipinski definition) is 3. The van der Waals surface area contributed by atoms with Gasteiger partial charge < -0.3 is 10.6 Å². The first-order chi connectivity index (χ1) is 9.70. The van der Waals surface area contributed by atoms with Crippen molar-refractivity contribution < 1.29 is 4.79 Å². The van der Waals surface area contributed by atoms with Crippen LogP contribution in [0, 0.1) is 0 Å². The maximum Gasteiger partial charge on any atom is 0.251 e. The van der Waals surface area contributed by atoms with Crippen molar-refractivity contribution in [3.05, 3.63) is 64.9 Å². The predicted octanol–water partition coefficient (Wildman–Crippen LogP) is 3.84. The van der Waals surface area contributed by atoms with Crippen LogP contribution in [0.5, 0.6) is 0 Å². The minimum atomic E-state index is -0.0812. The van der Waals surface area contributed by atoms with Gasteiger partial charge in [0.1, 0.15) is 0 Å². The van der Waals surface area contributed by atoms with E-state index in [4.69, 9.17) is 0 Å². The summed E-state index contributed by atoms with van der Waals surface area (Å²) < 4.78 is 0. The third-order valence-corrected chi connectivity index (χ3v) is 3.68. The van der Waals surface area contributed by atoms with E-state index >= 15 is 0 Å². The van der Waals surface area contributed by atoms with Gasteiger partial charge in [0.15, 0.2) is 0 Å². The van der Waals surface area contributed by atoms with E-state index in [-0.39, 0.29) is 11.9 Å². The first-order valence-electron chi connectivity index (χ1n) is 6.48. The Kier molecular flexibility index (Phi) is 4.96. The molecular formula is C16H18N2OS. The summed E-state index contributed by atoms with van der Waals surface area (Å²) in [5.74, 6) is -0.0812. The molecule has 2 rings (SSSR count). The van der Waals surface area contributed by atoms with Crippen LogP contribution in [0.25, 0.3) is 0 Å². The van der Waals surface area contributed by atoms with Gasteiger partial charge in [0.05, 0.1) is 0 Å². The molecule has 0 saturated carbocycles. The summed E-state index contributed by atoms with van der Waals surface area (Å²) in [5.41, 5.74) is 2.92. The highest BCUT2D eigenvalue weighted by Crippen LogP contribution is 2.21. The predicted molar refractivity (Wildman–Crippen MR) is 85.3 cm³/mol. The van der Waals surface area contributed by atoms with Gasteiger partial charge in [-0.25, -0.2) is 0 Å². The molecule has 1 aromatic heterocycles. The lowest BCUT2D eigenvalue weighted by atomic mass is 10.1. The summed E-state index contributed by atoms with van der Waals surface area (Å²) in [5, 5.41) is 10.4. The lowest BCUT2D eigenvalue weighted by molar-refractivity contribution is 0.0958. The van der Waals surface area contributed by atoms with Crippen molar-refractivity contribution >= 4 is 22.9 Å². The summed E-state index contributed by atoms with van der Waals surface area (Å²) in [7, 11) is 0. The maximum absolute atomic E-state index is 11.7. The minimum Gasteiger partial charge on any atom is -0.378 e. The molecule has 1 heterocycles. The van der Waals surface area contributed by atoms with E-state index < -0.39 is 0 Å². The molecule has 3 nitrogen and oxygen atoms in total. The molecule has 0 aliphatic carbocycles. The monoisotopic (exact) mass is 286 g/mol. The average Bonchev–Trinajstić information content (AvgIpc) is 3.00. The van der Waals surface area contributed by atoms with Crippen molar-refractivity contribution in [3.8, 4) is 0 Å². The Morgan fingerprint density at radius 2 is 2.10 bits per heavy atom. The van der Waals surface area contributed by atoms with Gasteiger partial charge in [-0.3, -0.25) is 4.79 Å². The number of carbonyl (C=O) groups excluding carboxylic acids is 1. The zero-order valence-electron chi connectivity index (χ0n) is 11.4. The first-order valence-corrected chi connectivity index (χ1v) is 7.43. The topological polar surface area (TPSA) is 41.1 Å². The number of carbonyl (C=O) groups is 1. The molecule has 0 bridgehead atoms. The van der Waals surface area contributed by atoms with E-state index in [9.17, 15) is 4.79 Å². The van der Waals surface area contributed by atoms with Crippen molar-refractivity contribution in [1.82, 2.24) is 5.32 Å². The van der Waals surface area contributed by atoms with E-state index in [1.807, 2.05) is 24.3 Å². The summed E-state index contributed by atoms with van der Waals surface area (Å²) in [4.78, 5) is 11.7. The molecule has 104 valence electrons. The van der Waals surface area contributed by atoms with Crippen LogP contribution in [0.2, 0.25) is 0 Å². The highest BCUT2D eigenvalue weighted by atomic mass is 32.1. The summed E-state index contributed by atoms with van der Waals surface area (Å²) >= 11 is 1.69. The van der Waals surface area contributed by atoms with Crippen LogP contribution in [0.1, 0.15) is 28.9 Å². The molecule has 4 heteroatoms. The van der Waals surface area contributed by atoms with Crippen LogP contribution in [-0.4, -0.2) is 12.5 Å². The van der Waals surface area contributed by atoms with Crippen molar-refractivity contribution in [2.75, 3.05) is 11.9 Å². The number of hydrogen-bond donors (Lipinski definition) is 2. The Morgan fingerprint density at radius 3 is 2.70 bits per heavy atom. The van der Waals surface area contributed by atoms with Crippen LogP contribution in [-0.2, 0) is 0 Å². The fraction of sp³-hybridized carbons (Fsp3) is 0.188. The van der Waals surface area contributed by atoms with E-state index in [0.717, 1.165) is 5.69 Å². The van der Waals surface area contributed by atoms with Gasteiger partial charge >= 0.3 is 0 Å². The summed E-state index contributed by atoms with van der Waals surface area (Å²) in [6.07, 6.45) is 1.66. The largest absolute Gasteiger partial charge is 0.378 e. The van der Waals surface area contributed by atoms with Gasteiger partial charge in [-0.15, -0.1) is 6.58 Å². The van der Waals surface area contributed by atoms with Gasteiger partial charge in [0.25, 0.3) is 5.91 Å². The van der Waals surface area contributed by atoms with Crippen LogP contribution in [0.15, 0.2) is 53.7 Å². The molecule has 1 aromatic carbocycles. The minimum absolute atomic E-state index is 0.0812. The Labute approximate surface area is 123 Å². The highest BCUT2D eigenvalue weighted by Gasteiger charge is 2.07. The smallest absolute Gasteiger partial charge is 0.251 e. The Bertz CT molecular complexity index is 561.